The number of nitrogens with one attached hydrogen (secondary N) is 1. The summed E-state index contributed by atoms with van der Waals surface area (Å²) in [5.41, 5.74) is 4.65. The van der Waals surface area contributed by atoms with E-state index in [9.17, 15) is 4.79 Å². The number of hydrogen-bond acceptors (Lipinski definition) is 2. The molecule has 2 nitrogen and oxygen atoms in total. The van der Waals surface area contributed by atoms with Gasteiger partial charge >= 0.3 is 0 Å². The summed E-state index contributed by atoms with van der Waals surface area (Å²) >= 11 is 1.64. The van der Waals surface area contributed by atoms with Gasteiger partial charge in [-0.3, -0.25) is 4.79 Å². The van der Waals surface area contributed by atoms with Gasteiger partial charge in [-0.15, -0.1) is 11.8 Å². The summed E-state index contributed by atoms with van der Waals surface area (Å²) in [5, 5.41) is 3.20. The quantitative estimate of drug-likeness (QED) is 0.632. The topological polar surface area (TPSA) is 29.1 Å². The van der Waals surface area contributed by atoms with Gasteiger partial charge in [0.1, 0.15) is 0 Å². The molecule has 0 aliphatic rings. The molecule has 3 aromatic rings. The van der Waals surface area contributed by atoms with Gasteiger partial charge in [0, 0.05) is 5.75 Å². The molecule has 0 aliphatic carbocycles. The van der Waals surface area contributed by atoms with E-state index in [1.807, 2.05) is 36.4 Å². The number of amides is 1. The summed E-state index contributed by atoms with van der Waals surface area (Å²) < 4.78 is 0. The van der Waals surface area contributed by atoms with Gasteiger partial charge in [-0.25, -0.2) is 0 Å². The van der Waals surface area contributed by atoms with E-state index in [4.69, 9.17) is 0 Å². The molecule has 3 aromatic carbocycles. The van der Waals surface area contributed by atoms with E-state index in [-0.39, 0.29) is 11.9 Å². The molecule has 0 aliphatic heterocycles. The zero-order chi connectivity index (χ0) is 18.2. The summed E-state index contributed by atoms with van der Waals surface area (Å²) in [6, 6.07) is 28.6. The maximum Gasteiger partial charge on any atom is 0.230 e. The molecule has 0 aromatic heterocycles. The van der Waals surface area contributed by atoms with Crippen LogP contribution in [0.3, 0.4) is 0 Å². The summed E-state index contributed by atoms with van der Waals surface area (Å²) in [6.45, 7) is 2.07. The van der Waals surface area contributed by atoms with Crippen LogP contribution in [0.25, 0.3) is 0 Å². The van der Waals surface area contributed by atoms with Gasteiger partial charge in [0.2, 0.25) is 5.91 Å². The molecule has 0 heterocycles. The molecule has 0 bridgehead atoms. The van der Waals surface area contributed by atoms with Crippen molar-refractivity contribution in [2.75, 3.05) is 5.75 Å². The normalized spacial score (nSPS) is 11.7. The van der Waals surface area contributed by atoms with Crippen LogP contribution in [0.2, 0.25) is 0 Å². The molecule has 26 heavy (non-hydrogen) atoms. The second kappa shape index (κ2) is 9.25. The lowest BCUT2D eigenvalue weighted by Crippen LogP contribution is -2.30. The Morgan fingerprint density at radius 2 is 1.42 bits per heavy atom. The van der Waals surface area contributed by atoms with Crippen molar-refractivity contribution >= 4 is 17.7 Å². The first-order chi connectivity index (χ1) is 12.7. The third-order valence-electron chi connectivity index (χ3n) is 4.19. The van der Waals surface area contributed by atoms with Crippen molar-refractivity contribution in [1.82, 2.24) is 5.32 Å². The standard InChI is InChI=1S/C23H23NOS/c1-18-12-14-21(15-13-18)23(20-10-6-3-7-11-20)24-22(25)17-26-16-19-8-4-2-5-9-19/h2-15,23H,16-17H2,1H3,(H,24,25)/t23-/m0/s1. The maximum absolute atomic E-state index is 12.5. The van der Waals surface area contributed by atoms with Crippen LogP contribution in [0.15, 0.2) is 84.9 Å². The lowest BCUT2D eigenvalue weighted by atomic mass is 9.98. The van der Waals surface area contributed by atoms with E-state index in [2.05, 4.69) is 60.8 Å². The van der Waals surface area contributed by atoms with Crippen molar-refractivity contribution in [3.63, 3.8) is 0 Å². The second-order valence-corrected chi connectivity index (χ2v) is 7.29. The molecule has 132 valence electrons. The molecule has 0 fully saturated rings. The average molecular weight is 362 g/mol. The first kappa shape index (κ1) is 18.3. The van der Waals surface area contributed by atoms with E-state index in [0.717, 1.165) is 16.9 Å². The van der Waals surface area contributed by atoms with Crippen molar-refractivity contribution < 1.29 is 4.79 Å². The molecule has 1 atom stereocenters. The fraction of sp³-hybridized carbons (Fsp3) is 0.174. The molecular formula is C23H23NOS. The third-order valence-corrected chi connectivity index (χ3v) is 5.20. The van der Waals surface area contributed by atoms with Crippen LogP contribution >= 0.6 is 11.8 Å². The minimum Gasteiger partial charge on any atom is -0.344 e. The number of rotatable bonds is 7. The minimum absolute atomic E-state index is 0.0559. The molecule has 1 N–H and O–H groups in total. The molecule has 1 amide bonds. The van der Waals surface area contributed by atoms with Crippen LogP contribution in [-0.2, 0) is 10.5 Å². The average Bonchev–Trinajstić information content (AvgIpc) is 2.68. The molecule has 0 spiro atoms. The summed E-state index contributed by atoms with van der Waals surface area (Å²) in [7, 11) is 0. The predicted octanol–water partition coefficient (Wildman–Crippen LogP) is 5.13. The van der Waals surface area contributed by atoms with Gasteiger partial charge in [-0.1, -0.05) is 90.5 Å². The SMILES string of the molecule is Cc1ccc([C@@H](NC(=O)CSCc2ccccc2)c2ccccc2)cc1. The maximum atomic E-state index is 12.5. The van der Waals surface area contributed by atoms with Crippen LogP contribution < -0.4 is 5.32 Å². The summed E-state index contributed by atoms with van der Waals surface area (Å²) in [6.07, 6.45) is 0. The van der Waals surface area contributed by atoms with E-state index in [1.54, 1.807) is 11.8 Å². The van der Waals surface area contributed by atoms with Crippen molar-refractivity contribution in [2.24, 2.45) is 0 Å². The zero-order valence-corrected chi connectivity index (χ0v) is 15.7. The highest BCUT2D eigenvalue weighted by Gasteiger charge is 2.16. The van der Waals surface area contributed by atoms with Crippen molar-refractivity contribution in [3.8, 4) is 0 Å². The smallest absolute Gasteiger partial charge is 0.230 e. The lowest BCUT2D eigenvalue weighted by Gasteiger charge is -2.20. The Balaban J connectivity index is 1.65. The van der Waals surface area contributed by atoms with Gasteiger partial charge in [-0.2, -0.15) is 0 Å². The molecule has 3 rings (SSSR count). The van der Waals surface area contributed by atoms with Gasteiger partial charge in [0.15, 0.2) is 0 Å². The fourth-order valence-corrected chi connectivity index (χ4v) is 3.60. The highest BCUT2D eigenvalue weighted by atomic mass is 32.2. The Hall–Kier alpha value is -2.52. The minimum atomic E-state index is -0.123. The zero-order valence-electron chi connectivity index (χ0n) is 14.9. The number of hydrogen-bond donors (Lipinski definition) is 1. The number of aryl methyl sites for hydroxylation is 1. The Bertz CT molecular complexity index is 816. The van der Waals surface area contributed by atoms with Crippen LogP contribution in [0, 0.1) is 6.92 Å². The number of carbonyl (C=O) groups excluding carboxylic acids is 1. The van der Waals surface area contributed by atoms with Gasteiger partial charge < -0.3 is 5.32 Å². The molecule has 0 saturated carbocycles. The first-order valence-corrected chi connectivity index (χ1v) is 9.90. The molecule has 0 unspecified atom stereocenters. The van der Waals surface area contributed by atoms with E-state index in [0.29, 0.717) is 5.75 Å². The Kier molecular flexibility index (Phi) is 6.50. The highest BCUT2D eigenvalue weighted by molar-refractivity contribution is 7.99. The predicted molar refractivity (Wildman–Crippen MR) is 110 cm³/mol. The Morgan fingerprint density at radius 3 is 2.08 bits per heavy atom. The molecule has 0 saturated heterocycles. The third kappa shape index (κ3) is 5.24. The van der Waals surface area contributed by atoms with Crippen LogP contribution in [0.4, 0.5) is 0 Å². The monoisotopic (exact) mass is 361 g/mol. The van der Waals surface area contributed by atoms with E-state index < -0.39 is 0 Å². The number of thioether (sulfide) groups is 1. The molecule has 0 radical (unpaired) electrons. The lowest BCUT2D eigenvalue weighted by molar-refractivity contribution is -0.119. The van der Waals surface area contributed by atoms with Crippen molar-refractivity contribution in [3.05, 3.63) is 107 Å². The second-order valence-electron chi connectivity index (χ2n) is 6.30. The Labute approximate surface area is 159 Å². The first-order valence-electron chi connectivity index (χ1n) is 8.75. The Morgan fingerprint density at radius 1 is 0.846 bits per heavy atom. The van der Waals surface area contributed by atoms with Crippen LogP contribution in [0.1, 0.15) is 28.3 Å². The van der Waals surface area contributed by atoms with Gasteiger partial charge in [0.05, 0.1) is 11.8 Å². The van der Waals surface area contributed by atoms with Gasteiger partial charge in [-0.05, 0) is 23.6 Å². The van der Waals surface area contributed by atoms with E-state index in [1.165, 1.54) is 11.1 Å². The number of carbonyl (C=O) groups is 1. The molecule has 3 heteroatoms. The summed E-state index contributed by atoms with van der Waals surface area (Å²) in [5.74, 6) is 1.35. The fourth-order valence-electron chi connectivity index (χ4n) is 2.80. The summed E-state index contributed by atoms with van der Waals surface area (Å²) in [4.78, 5) is 12.5. The van der Waals surface area contributed by atoms with Crippen LogP contribution in [0.5, 0.6) is 0 Å². The van der Waals surface area contributed by atoms with Crippen molar-refractivity contribution in [2.45, 2.75) is 18.7 Å². The van der Waals surface area contributed by atoms with E-state index >= 15 is 0 Å². The number of benzene rings is 3. The van der Waals surface area contributed by atoms with Crippen LogP contribution in [-0.4, -0.2) is 11.7 Å². The molecular weight excluding hydrogens is 338 g/mol. The van der Waals surface area contributed by atoms with Gasteiger partial charge in [0.25, 0.3) is 0 Å². The largest absolute Gasteiger partial charge is 0.344 e. The van der Waals surface area contributed by atoms with Crippen molar-refractivity contribution in [1.29, 1.82) is 0 Å². The highest BCUT2D eigenvalue weighted by Crippen LogP contribution is 2.23.